The summed E-state index contributed by atoms with van der Waals surface area (Å²) in [4.78, 5) is 22.9. The highest BCUT2D eigenvalue weighted by Gasteiger charge is 2.04. The first-order valence-corrected chi connectivity index (χ1v) is 6.69. The summed E-state index contributed by atoms with van der Waals surface area (Å²) in [6.45, 7) is 6.31. The Morgan fingerprint density at radius 1 is 1.16 bits per heavy atom. The van der Waals surface area contributed by atoms with Crippen molar-refractivity contribution in [3.05, 3.63) is 29.8 Å². The van der Waals surface area contributed by atoms with E-state index in [9.17, 15) is 9.59 Å². The standard InChI is InChI=1S/C15H22N2O2/c1-4-14(18)12-5-7-13(8-6-12)16-10-9-15(19)17-11(2)3/h5-8,11,16H,4,9-10H2,1-3H3,(H,17,19). The predicted octanol–water partition coefficient (Wildman–Crippen LogP) is 2.61. The molecule has 0 radical (unpaired) electrons. The summed E-state index contributed by atoms with van der Waals surface area (Å²) in [6, 6.07) is 7.52. The van der Waals surface area contributed by atoms with Crippen LogP contribution >= 0.6 is 0 Å². The summed E-state index contributed by atoms with van der Waals surface area (Å²) < 4.78 is 0. The van der Waals surface area contributed by atoms with Crippen LogP contribution in [0.2, 0.25) is 0 Å². The molecule has 0 unspecified atom stereocenters. The van der Waals surface area contributed by atoms with Gasteiger partial charge in [0.25, 0.3) is 0 Å². The van der Waals surface area contributed by atoms with Gasteiger partial charge in [0.15, 0.2) is 5.78 Å². The van der Waals surface area contributed by atoms with Crippen molar-refractivity contribution in [2.75, 3.05) is 11.9 Å². The highest BCUT2D eigenvalue weighted by atomic mass is 16.1. The van der Waals surface area contributed by atoms with Crippen molar-refractivity contribution in [3.63, 3.8) is 0 Å². The lowest BCUT2D eigenvalue weighted by atomic mass is 10.1. The van der Waals surface area contributed by atoms with E-state index in [0.29, 0.717) is 19.4 Å². The van der Waals surface area contributed by atoms with Gasteiger partial charge in [0.05, 0.1) is 0 Å². The van der Waals surface area contributed by atoms with Gasteiger partial charge in [-0.05, 0) is 38.1 Å². The summed E-state index contributed by atoms with van der Waals surface area (Å²) in [6.07, 6.45) is 0.954. The molecule has 1 rings (SSSR count). The molecule has 0 aliphatic heterocycles. The third-order valence-corrected chi connectivity index (χ3v) is 2.66. The van der Waals surface area contributed by atoms with Crippen LogP contribution in [0.15, 0.2) is 24.3 Å². The predicted molar refractivity (Wildman–Crippen MR) is 77.4 cm³/mol. The second-order valence-electron chi connectivity index (χ2n) is 4.75. The molecule has 0 aromatic heterocycles. The number of ketones is 1. The molecule has 0 atom stereocenters. The van der Waals surface area contributed by atoms with Crippen molar-refractivity contribution < 1.29 is 9.59 Å². The molecule has 0 aliphatic carbocycles. The Hall–Kier alpha value is -1.84. The zero-order valence-electron chi connectivity index (χ0n) is 11.8. The molecule has 1 amide bonds. The second kappa shape index (κ2) is 7.56. The van der Waals surface area contributed by atoms with Crippen LogP contribution in [0.4, 0.5) is 5.69 Å². The quantitative estimate of drug-likeness (QED) is 0.743. The fourth-order valence-electron chi connectivity index (χ4n) is 1.69. The van der Waals surface area contributed by atoms with Gasteiger partial charge in [-0.25, -0.2) is 0 Å². The van der Waals surface area contributed by atoms with Crippen LogP contribution in [0.1, 0.15) is 44.0 Å². The highest BCUT2D eigenvalue weighted by molar-refractivity contribution is 5.96. The van der Waals surface area contributed by atoms with E-state index in [1.54, 1.807) is 0 Å². The molecule has 0 aliphatic rings. The number of Topliss-reactive ketones (excluding diaryl/α,β-unsaturated/α-hetero) is 1. The van der Waals surface area contributed by atoms with Crippen LogP contribution in [-0.4, -0.2) is 24.3 Å². The van der Waals surface area contributed by atoms with E-state index in [-0.39, 0.29) is 17.7 Å². The van der Waals surface area contributed by atoms with Crippen molar-refractivity contribution in [1.82, 2.24) is 5.32 Å². The van der Waals surface area contributed by atoms with Gasteiger partial charge in [-0.15, -0.1) is 0 Å². The molecule has 19 heavy (non-hydrogen) atoms. The molecule has 104 valence electrons. The van der Waals surface area contributed by atoms with Crippen LogP contribution in [0, 0.1) is 0 Å². The van der Waals surface area contributed by atoms with Gasteiger partial charge in [0.2, 0.25) is 5.91 Å². The molecular formula is C15H22N2O2. The Morgan fingerprint density at radius 3 is 2.32 bits per heavy atom. The van der Waals surface area contributed by atoms with Crippen molar-refractivity contribution in [2.24, 2.45) is 0 Å². The van der Waals surface area contributed by atoms with Crippen LogP contribution in [-0.2, 0) is 4.79 Å². The lowest BCUT2D eigenvalue weighted by Crippen LogP contribution is -2.31. The number of benzene rings is 1. The van der Waals surface area contributed by atoms with E-state index in [4.69, 9.17) is 0 Å². The SMILES string of the molecule is CCC(=O)c1ccc(NCCC(=O)NC(C)C)cc1. The molecule has 4 nitrogen and oxygen atoms in total. The topological polar surface area (TPSA) is 58.2 Å². The number of carbonyl (C=O) groups is 2. The number of hydrogen-bond acceptors (Lipinski definition) is 3. The van der Waals surface area contributed by atoms with E-state index >= 15 is 0 Å². The van der Waals surface area contributed by atoms with E-state index in [2.05, 4.69) is 10.6 Å². The summed E-state index contributed by atoms with van der Waals surface area (Å²) in [5, 5.41) is 6.00. The first-order chi connectivity index (χ1) is 9.02. The average molecular weight is 262 g/mol. The minimum atomic E-state index is 0.0419. The maximum Gasteiger partial charge on any atom is 0.221 e. The van der Waals surface area contributed by atoms with Gasteiger partial charge in [-0.2, -0.15) is 0 Å². The smallest absolute Gasteiger partial charge is 0.221 e. The Balaban J connectivity index is 2.38. The Labute approximate surface area is 114 Å². The monoisotopic (exact) mass is 262 g/mol. The fraction of sp³-hybridized carbons (Fsp3) is 0.467. The van der Waals surface area contributed by atoms with Crippen LogP contribution in [0.5, 0.6) is 0 Å². The van der Waals surface area contributed by atoms with Crippen LogP contribution in [0.25, 0.3) is 0 Å². The van der Waals surface area contributed by atoms with Gasteiger partial charge >= 0.3 is 0 Å². The first kappa shape index (κ1) is 15.2. The first-order valence-electron chi connectivity index (χ1n) is 6.69. The molecule has 0 saturated heterocycles. The van der Waals surface area contributed by atoms with Crippen LogP contribution in [0.3, 0.4) is 0 Å². The summed E-state index contributed by atoms with van der Waals surface area (Å²) in [5.74, 6) is 0.183. The maximum atomic E-state index is 11.5. The van der Waals surface area contributed by atoms with Crippen molar-refractivity contribution in [2.45, 2.75) is 39.7 Å². The number of hydrogen-bond donors (Lipinski definition) is 2. The molecule has 1 aromatic carbocycles. The lowest BCUT2D eigenvalue weighted by Gasteiger charge is -2.09. The Kier molecular flexibility index (Phi) is 6.06. The van der Waals surface area contributed by atoms with E-state index < -0.39 is 0 Å². The summed E-state index contributed by atoms with van der Waals surface area (Å²) >= 11 is 0. The van der Waals surface area contributed by atoms with Gasteiger partial charge < -0.3 is 10.6 Å². The number of carbonyl (C=O) groups excluding carboxylic acids is 2. The molecule has 2 N–H and O–H groups in total. The molecule has 0 bridgehead atoms. The molecular weight excluding hydrogens is 240 g/mol. The van der Waals surface area contributed by atoms with E-state index in [1.807, 2.05) is 45.0 Å². The van der Waals surface area contributed by atoms with E-state index in [0.717, 1.165) is 11.3 Å². The summed E-state index contributed by atoms with van der Waals surface area (Å²) in [7, 11) is 0. The lowest BCUT2D eigenvalue weighted by molar-refractivity contribution is -0.121. The van der Waals surface area contributed by atoms with Gasteiger partial charge in [0.1, 0.15) is 0 Å². The molecule has 1 aromatic rings. The van der Waals surface area contributed by atoms with Crippen molar-refractivity contribution >= 4 is 17.4 Å². The number of anilines is 1. The minimum Gasteiger partial charge on any atom is -0.385 e. The Bertz CT molecular complexity index is 424. The largest absolute Gasteiger partial charge is 0.385 e. The summed E-state index contributed by atoms with van der Waals surface area (Å²) in [5.41, 5.74) is 1.65. The third kappa shape index (κ3) is 5.55. The van der Waals surface area contributed by atoms with Gasteiger partial charge in [0, 0.05) is 36.7 Å². The second-order valence-corrected chi connectivity index (χ2v) is 4.75. The zero-order chi connectivity index (χ0) is 14.3. The number of rotatable bonds is 7. The van der Waals surface area contributed by atoms with Crippen LogP contribution < -0.4 is 10.6 Å². The van der Waals surface area contributed by atoms with Gasteiger partial charge in [-0.1, -0.05) is 6.92 Å². The number of amides is 1. The maximum absolute atomic E-state index is 11.5. The minimum absolute atomic E-state index is 0.0419. The third-order valence-electron chi connectivity index (χ3n) is 2.66. The molecule has 0 spiro atoms. The fourth-order valence-corrected chi connectivity index (χ4v) is 1.69. The zero-order valence-corrected chi connectivity index (χ0v) is 11.8. The van der Waals surface area contributed by atoms with E-state index in [1.165, 1.54) is 0 Å². The Morgan fingerprint density at radius 2 is 1.79 bits per heavy atom. The number of nitrogens with one attached hydrogen (secondary N) is 2. The normalized spacial score (nSPS) is 10.3. The average Bonchev–Trinajstić information content (AvgIpc) is 2.37. The van der Waals surface area contributed by atoms with Gasteiger partial charge in [-0.3, -0.25) is 9.59 Å². The molecule has 0 heterocycles. The van der Waals surface area contributed by atoms with Crippen molar-refractivity contribution in [1.29, 1.82) is 0 Å². The molecule has 0 saturated carbocycles. The molecule has 0 fully saturated rings. The molecule has 4 heteroatoms. The van der Waals surface area contributed by atoms with Crippen molar-refractivity contribution in [3.8, 4) is 0 Å². The highest BCUT2D eigenvalue weighted by Crippen LogP contribution is 2.11.